The van der Waals surface area contributed by atoms with Crippen LogP contribution in [0.15, 0.2) is 12.1 Å². The van der Waals surface area contributed by atoms with Crippen molar-refractivity contribution < 1.29 is 13.2 Å². The van der Waals surface area contributed by atoms with Crippen LogP contribution in [-0.2, 0) is 22.3 Å². The number of thiophene rings is 1. The summed E-state index contributed by atoms with van der Waals surface area (Å²) in [4.78, 5) is 14.5. The number of amides is 1. The summed E-state index contributed by atoms with van der Waals surface area (Å²) in [5.41, 5.74) is 1.48. The molecule has 4 heterocycles. The summed E-state index contributed by atoms with van der Waals surface area (Å²) in [5, 5.41) is 13.0. The van der Waals surface area contributed by atoms with E-state index in [2.05, 4.69) is 15.5 Å². The fraction of sp³-hybridized carbons (Fsp3) is 0.526. The van der Waals surface area contributed by atoms with Crippen molar-refractivity contribution >= 4 is 43.1 Å². The largest absolute Gasteiger partial charge is 0.306 e. The van der Waals surface area contributed by atoms with Gasteiger partial charge in [0.05, 0.1) is 33.8 Å². The summed E-state index contributed by atoms with van der Waals surface area (Å²) < 4.78 is 27.4. The molecule has 1 N–H and O–H groups in total. The fourth-order valence-electron chi connectivity index (χ4n) is 3.60. The second-order valence-corrected chi connectivity index (χ2v) is 11.9. The smallest absolute Gasteiger partial charge is 0.266 e. The molecule has 0 bridgehead atoms. The van der Waals surface area contributed by atoms with Crippen molar-refractivity contribution in [2.45, 2.75) is 45.6 Å². The Morgan fingerprint density at radius 2 is 2.00 bits per heavy atom. The number of fused-ring (bicyclic) bond motifs is 1. The molecule has 1 unspecified atom stereocenters. The molecular weight excluding hydrogens is 410 g/mol. The lowest BCUT2D eigenvalue weighted by Gasteiger charge is -2.15. The van der Waals surface area contributed by atoms with Crippen LogP contribution < -0.4 is 5.32 Å². The van der Waals surface area contributed by atoms with Crippen molar-refractivity contribution in [2.24, 2.45) is 7.05 Å². The van der Waals surface area contributed by atoms with Gasteiger partial charge in [0.1, 0.15) is 10.6 Å². The molecule has 156 valence electrons. The molecule has 0 spiro atoms. The number of aryl methyl sites for hydroxylation is 2. The van der Waals surface area contributed by atoms with Gasteiger partial charge in [-0.2, -0.15) is 10.2 Å². The van der Waals surface area contributed by atoms with Crippen LogP contribution in [0.2, 0.25) is 0 Å². The van der Waals surface area contributed by atoms with Crippen LogP contribution in [0.3, 0.4) is 0 Å². The number of rotatable bonds is 3. The van der Waals surface area contributed by atoms with Crippen LogP contribution in [0, 0.1) is 6.92 Å². The van der Waals surface area contributed by atoms with Gasteiger partial charge in [0.25, 0.3) is 5.91 Å². The molecule has 29 heavy (non-hydrogen) atoms. The molecule has 0 aliphatic carbocycles. The Morgan fingerprint density at radius 1 is 1.28 bits per heavy atom. The summed E-state index contributed by atoms with van der Waals surface area (Å²) in [6, 6.07) is 3.44. The van der Waals surface area contributed by atoms with Crippen LogP contribution in [0.5, 0.6) is 0 Å². The van der Waals surface area contributed by atoms with Gasteiger partial charge in [0.2, 0.25) is 0 Å². The molecule has 0 aromatic carbocycles. The van der Waals surface area contributed by atoms with Crippen molar-refractivity contribution in [3.05, 3.63) is 28.4 Å². The Morgan fingerprint density at radius 3 is 2.59 bits per heavy atom. The van der Waals surface area contributed by atoms with Gasteiger partial charge in [-0.1, -0.05) is 20.8 Å². The topological polar surface area (TPSA) is 98.9 Å². The first-order chi connectivity index (χ1) is 13.4. The molecule has 1 fully saturated rings. The lowest BCUT2D eigenvalue weighted by atomic mass is 9.92. The van der Waals surface area contributed by atoms with Gasteiger partial charge >= 0.3 is 0 Å². The Bertz CT molecular complexity index is 1180. The second kappa shape index (κ2) is 6.66. The van der Waals surface area contributed by atoms with Crippen LogP contribution in [0.1, 0.15) is 54.3 Å². The first-order valence-corrected chi connectivity index (χ1v) is 12.1. The Balaban J connectivity index is 1.68. The molecule has 3 aromatic rings. The van der Waals surface area contributed by atoms with Gasteiger partial charge in [-0.3, -0.25) is 9.48 Å². The molecule has 1 atom stereocenters. The summed E-state index contributed by atoms with van der Waals surface area (Å²) in [6.45, 7) is 8.04. The third kappa shape index (κ3) is 3.71. The minimum atomic E-state index is -3.07. The molecule has 0 radical (unpaired) electrons. The lowest BCUT2D eigenvalue weighted by Crippen LogP contribution is -2.19. The highest BCUT2D eigenvalue weighted by Crippen LogP contribution is 2.32. The van der Waals surface area contributed by atoms with E-state index in [1.54, 1.807) is 9.36 Å². The van der Waals surface area contributed by atoms with E-state index in [4.69, 9.17) is 0 Å². The van der Waals surface area contributed by atoms with Crippen molar-refractivity contribution in [3.63, 3.8) is 0 Å². The number of sulfone groups is 1. The highest BCUT2D eigenvalue weighted by molar-refractivity contribution is 7.91. The summed E-state index contributed by atoms with van der Waals surface area (Å²) in [7, 11) is -1.21. The molecule has 4 rings (SSSR count). The molecule has 1 aliphatic heterocycles. The zero-order valence-corrected chi connectivity index (χ0v) is 18.8. The van der Waals surface area contributed by atoms with Crippen LogP contribution >= 0.6 is 11.3 Å². The maximum absolute atomic E-state index is 13.0. The molecule has 0 saturated carbocycles. The minimum Gasteiger partial charge on any atom is -0.306 e. The number of anilines is 1. The lowest BCUT2D eigenvalue weighted by molar-refractivity contribution is 0.102. The maximum Gasteiger partial charge on any atom is 0.266 e. The fourth-order valence-corrected chi connectivity index (χ4v) is 6.31. The molecular formula is C19H25N5O3S2. The molecule has 1 saturated heterocycles. The summed E-state index contributed by atoms with van der Waals surface area (Å²) in [6.07, 6.45) is 0.504. The SMILES string of the molecule is Cc1nn(C)c2sc(C(=O)Nc3cc(C(C)(C)C)nn3C3CCS(=O)(=O)C3)cc12. The third-order valence-corrected chi connectivity index (χ3v) is 8.17. The van der Waals surface area contributed by atoms with E-state index in [0.717, 1.165) is 21.6 Å². The van der Waals surface area contributed by atoms with Crippen LogP contribution in [-0.4, -0.2) is 45.4 Å². The van der Waals surface area contributed by atoms with Crippen molar-refractivity contribution in [3.8, 4) is 0 Å². The Labute approximate surface area is 173 Å². The average molecular weight is 436 g/mol. The number of carbonyl (C=O) groups excluding carboxylic acids is 1. The number of hydrogen-bond acceptors (Lipinski definition) is 6. The van der Waals surface area contributed by atoms with Gasteiger partial charge in [0.15, 0.2) is 9.84 Å². The molecule has 8 nitrogen and oxygen atoms in total. The number of carbonyl (C=O) groups is 1. The number of hydrogen-bond donors (Lipinski definition) is 1. The monoisotopic (exact) mass is 435 g/mol. The minimum absolute atomic E-state index is 0.0505. The number of aromatic nitrogens is 4. The normalized spacial score (nSPS) is 19.1. The maximum atomic E-state index is 13.0. The first-order valence-electron chi connectivity index (χ1n) is 9.49. The summed E-state index contributed by atoms with van der Waals surface area (Å²) >= 11 is 1.39. The van der Waals surface area contributed by atoms with Gasteiger partial charge < -0.3 is 5.32 Å². The highest BCUT2D eigenvalue weighted by atomic mass is 32.2. The standard InChI is InChI=1S/C19H25N5O3S2/c1-11-13-8-14(28-18(13)23(5)21-11)17(25)20-16-9-15(19(2,3)4)22-24(16)12-6-7-29(26,27)10-12/h8-9,12H,6-7,10H2,1-5H3,(H,20,25). The van der Waals surface area contributed by atoms with E-state index in [9.17, 15) is 13.2 Å². The van der Waals surface area contributed by atoms with E-state index in [0.29, 0.717) is 17.1 Å². The predicted molar refractivity (Wildman–Crippen MR) is 115 cm³/mol. The van der Waals surface area contributed by atoms with E-state index < -0.39 is 9.84 Å². The van der Waals surface area contributed by atoms with Crippen molar-refractivity contribution in [2.75, 3.05) is 16.8 Å². The second-order valence-electron chi connectivity index (χ2n) is 8.66. The quantitative estimate of drug-likeness (QED) is 0.682. The zero-order chi connectivity index (χ0) is 21.1. The van der Waals surface area contributed by atoms with Gasteiger partial charge in [-0.05, 0) is 19.4 Å². The van der Waals surface area contributed by atoms with Crippen molar-refractivity contribution in [1.29, 1.82) is 0 Å². The van der Waals surface area contributed by atoms with E-state index >= 15 is 0 Å². The molecule has 1 amide bonds. The van der Waals surface area contributed by atoms with E-state index in [1.165, 1.54) is 11.3 Å². The zero-order valence-electron chi connectivity index (χ0n) is 17.2. The van der Waals surface area contributed by atoms with Crippen LogP contribution in [0.4, 0.5) is 5.82 Å². The van der Waals surface area contributed by atoms with Crippen LogP contribution in [0.25, 0.3) is 10.2 Å². The first kappa shape index (κ1) is 20.1. The molecule has 1 aliphatic rings. The van der Waals surface area contributed by atoms with Crippen molar-refractivity contribution in [1.82, 2.24) is 19.6 Å². The molecule has 3 aromatic heterocycles. The molecule has 10 heteroatoms. The van der Waals surface area contributed by atoms with E-state index in [-0.39, 0.29) is 28.9 Å². The predicted octanol–water partition coefficient (Wildman–Crippen LogP) is 3.05. The third-order valence-electron chi connectivity index (χ3n) is 5.22. The van der Waals surface area contributed by atoms with Gasteiger partial charge in [-0.15, -0.1) is 11.3 Å². The average Bonchev–Trinajstić information content (AvgIpc) is 3.33. The van der Waals surface area contributed by atoms with E-state index in [1.807, 2.05) is 46.9 Å². The Hall–Kier alpha value is -2.20. The number of nitrogens with one attached hydrogen (secondary N) is 1. The Kier molecular flexibility index (Phi) is 4.62. The summed E-state index contributed by atoms with van der Waals surface area (Å²) in [5.74, 6) is 0.509. The van der Waals surface area contributed by atoms with Gasteiger partial charge in [-0.25, -0.2) is 13.1 Å². The number of nitrogens with zero attached hydrogens (tertiary/aromatic N) is 4. The van der Waals surface area contributed by atoms with Gasteiger partial charge in [0, 0.05) is 23.9 Å². The highest BCUT2D eigenvalue weighted by Gasteiger charge is 2.33.